The number of nitrogens with one attached hydrogen (secondary N) is 1. The molecule has 0 radical (unpaired) electrons. The van der Waals surface area contributed by atoms with Gasteiger partial charge in [0.2, 0.25) is 0 Å². The van der Waals surface area contributed by atoms with Gasteiger partial charge in [0.1, 0.15) is 0 Å². The lowest BCUT2D eigenvalue weighted by molar-refractivity contribution is 0.266. The summed E-state index contributed by atoms with van der Waals surface area (Å²) in [6, 6.07) is 6.12. The molecular formula is C18H29NO2. The second-order valence-corrected chi connectivity index (χ2v) is 6.05. The first-order chi connectivity index (χ1) is 10.2. The van der Waals surface area contributed by atoms with Crippen LogP contribution in [-0.4, -0.2) is 20.3 Å². The standard InChI is InChI=1S/C18H29NO2/c1-4-18(11-6-7-12-18)14-19-13-15-9-8-10-16(21-5-2)17(15)20-3/h8-10,19H,4-7,11-14H2,1-3H3. The monoisotopic (exact) mass is 291 g/mol. The van der Waals surface area contributed by atoms with Crippen LogP contribution in [0, 0.1) is 5.41 Å². The lowest BCUT2D eigenvalue weighted by Gasteiger charge is -2.28. The van der Waals surface area contributed by atoms with Gasteiger partial charge in [-0.2, -0.15) is 0 Å². The molecule has 3 heteroatoms. The van der Waals surface area contributed by atoms with Gasteiger partial charge in [0.05, 0.1) is 13.7 Å². The SMILES string of the molecule is CCOc1cccc(CNCC2(CC)CCCC2)c1OC. The number of rotatable bonds is 8. The topological polar surface area (TPSA) is 30.5 Å². The third-order valence-electron chi connectivity index (χ3n) is 4.79. The highest BCUT2D eigenvalue weighted by Crippen LogP contribution is 2.40. The van der Waals surface area contributed by atoms with Gasteiger partial charge in [0.15, 0.2) is 11.5 Å². The van der Waals surface area contributed by atoms with E-state index in [2.05, 4.69) is 18.3 Å². The highest BCUT2D eigenvalue weighted by molar-refractivity contribution is 5.46. The van der Waals surface area contributed by atoms with E-state index in [1.54, 1.807) is 7.11 Å². The fourth-order valence-electron chi connectivity index (χ4n) is 3.44. The molecule has 0 aromatic heterocycles. The van der Waals surface area contributed by atoms with Gasteiger partial charge in [0, 0.05) is 18.7 Å². The number of para-hydroxylation sites is 1. The average Bonchev–Trinajstić information content (AvgIpc) is 2.97. The van der Waals surface area contributed by atoms with Crippen molar-refractivity contribution in [3.63, 3.8) is 0 Å². The summed E-state index contributed by atoms with van der Waals surface area (Å²) in [5.41, 5.74) is 1.69. The Balaban J connectivity index is 1.98. The Hall–Kier alpha value is -1.22. The molecule has 1 aromatic rings. The molecule has 3 nitrogen and oxygen atoms in total. The number of methoxy groups -OCH3 is 1. The first-order valence-electron chi connectivity index (χ1n) is 8.24. The smallest absolute Gasteiger partial charge is 0.165 e. The second-order valence-electron chi connectivity index (χ2n) is 6.05. The van der Waals surface area contributed by atoms with Gasteiger partial charge in [-0.3, -0.25) is 0 Å². The van der Waals surface area contributed by atoms with E-state index in [0.717, 1.165) is 24.6 Å². The highest BCUT2D eigenvalue weighted by Gasteiger charge is 2.31. The van der Waals surface area contributed by atoms with Gasteiger partial charge in [-0.15, -0.1) is 0 Å². The molecule has 1 fully saturated rings. The summed E-state index contributed by atoms with van der Waals surface area (Å²) in [5, 5.41) is 3.64. The fourth-order valence-corrected chi connectivity index (χ4v) is 3.44. The molecule has 0 heterocycles. The van der Waals surface area contributed by atoms with Crippen molar-refractivity contribution in [1.82, 2.24) is 5.32 Å². The van der Waals surface area contributed by atoms with Crippen molar-refractivity contribution in [3.05, 3.63) is 23.8 Å². The van der Waals surface area contributed by atoms with Crippen LogP contribution in [0.4, 0.5) is 0 Å². The van der Waals surface area contributed by atoms with E-state index in [9.17, 15) is 0 Å². The molecule has 118 valence electrons. The number of benzene rings is 1. The lowest BCUT2D eigenvalue weighted by Crippen LogP contribution is -2.31. The predicted molar refractivity (Wildman–Crippen MR) is 87.1 cm³/mol. The maximum atomic E-state index is 5.64. The van der Waals surface area contributed by atoms with Crippen molar-refractivity contribution in [1.29, 1.82) is 0 Å². The molecule has 1 aromatic carbocycles. The van der Waals surface area contributed by atoms with Crippen LogP contribution in [0.1, 0.15) is 51.5 Å². The zero-order valence-electron chi connectivity index (χ0n) is 13.7. The van der Waals surface area contributed by atoms with Gasteiger partial charge in [-0.1, -0.05) is 31.9 Å². The van der Waals surface area contributed by atoms with E-state index in [1.807, 2.05) is 19.1 Å². The predicted octanol–water partition coefficient (Wildman–Crippen LogP) is 4.15. The lowest BCUT2D eigenvalue weighted by atomic mass is 9.83. The average molecular weight is 291 g/mol. The van der Waals surface area contributed by atoms with Crippen LogP contribution in [0.25, 0.3) is 0 Å². The summed E-state index contributed by atoms with van der Waals surface area (Å²) < 4.78 is 11.2. The fraction of sp³-hybridized carbons (Fsp3) is 0.667. The molecule has 2 rings (SSSR count). The van der Waals surface area contributed by atoms with E-state index >= 15 is 0 Å². The van der Waals surface area contributed by atoms with Gasteiger partial charge in [-0.25, -0.2) is 0 Å². The van der Waals surface area contributed by atoms with Crippen LogP contribution in [-0.2, 0) is 6.54 Å². The van der Waals surface area contributed by atoms with Crippen molar-refractivity contribution in [3.8, 4) is 11.5 Å². The molecule has 1 aliphatic rings. The molecular weight excluding hydrogens is 262 g/mol. The Bertz CT molecular complexity index is 439. The molecule has 1 aliphatic carbocycles. The maximum absolute atomic E-state index is 5.64. The summed E-state index contributed by atoms with van der Waals surface area (Å²) in [7, 11) is 1.71. The highest BCUT2D eigenvalue weighted by atomic mass is 16.5. The Labute approximate surface area is 129 Å². The van der Waals surface area contributed by atoms with Crippen LogP contribution in [0.5, 0.6) is 11.5 Å². The molecule has 0 aliphatic heterocycles. The first-order valence-corrected chi connectivity index (χ1v) is 8.24. The first kappa shape index (κ1) is 16.2. The van der Waals surface area contributed by atoms with Crippen LogP contribution in [0.2, 0.25) is 0 Å². The largest absolute Gasteiger partial charge is 0.493 e. The molecule has 0 unspecified atom stereocenters. The van der Waals surface area contributed by atoms with E-state index in [4.69, 9.17) is 9.47 Å². The van der Waals surface area contributed by atoms with Gasteiger partial charge in [0.25, 0.3) is 0 Å². The number of hydrogen-bond donors (Lipinski definition) is 1. The van der Waals surface area contributed by atoms with Gasteiger partial charge >= 0.3 is 0 Å². The molecule has 21 heavy (non-hydrogen) atoms. The van der Waals surface area contributed by atoms with Crippen LogP contribution >= 0.6 is 0 Å². The summed E-state index contributed by atoms with van der Waals surface area (Å²) >= 11 is 0. The third-order valence-corrected chi connectivity index (χ3v) is 4.79. The van der Waals surface area contributed by atoms with Crippen molar-refractivity contribution >= 4 is 0 Å². The summed E-state index contributed by atoms with van der Waals surface area (Å²) in [6.45, 7) is 6.92. The number of hydrogen-bond acceptors (Lipinski definition) is 3. The molecule has 0 amide bonds. The molecule has 1 N–H and O–H groups in total. The van der Waals surface area contributed by atoms with Crippen molar-refractivity contribution < 1.29 is 9.47 Å². The quantitative estimate of drug-likeness (QED) is 0.780. The minimum absolute atomic E-state index is 0.519. The van der Waals surface area contributed by atoms with Crippen molar-refractivity contribution in [2.45, 2.75) is 52.5 Å². The van der Waals surface area contributed by atoms with E-state index in [1.165, 1.54) is 37.7 Å². The van der Waals surface area contributed by atoms with Crippen LogP contribution < -0.4 is 14.8 Å². The Kier molecular flexibility index (Phi) is 5.92. The third kappa shape index (κ3) is 3.91. The van der Waals surface area contributed by atoms with E-state index < -0.39 is 0 Å². The van der Waals surface area contributed by atoms with Gasteiger partial charge in [-0.05, 0) is 37.7 Å². The molecule has 0 saturated heterocycles. The molecule has 0 bridgehead atoms. The zero-order valence-corrected chi connectivity index (χ0v) is 13.7. The molecule has 0 atom stereocenters. The van der Waals surface area contributed by atoms with E-state index in [0.29, 0.717) is 12.0 Å². The minimum atomic E-state index is 0.519. The second kappa shape index (κ2) is 7.69. The molecule has 0 spiro atoms. The Morgan fingerprint density at radius 2 is 1.95 bits per heavy atom. The normalized spacial score (nSPS) is 16.9. The molecule has 1 saturated carbocycles. The summed E-state index contributed by atoms with van der Waals surface area (Å²) in [6.07, 6.45) is 6.78. The van der Waals surface area contributed by atoms with E-state index in [-0.39, 0.29) is 0 Å². The minimum Gasteiger partial charge on any atom is -0.493 e. The maximum Gasteiger partial charge on any atom is 0.165 e. The van der Waals surface area contributed by atoms with Crippen LogP contribution in [0.3, 0.4) is 0 Å². The summed E-state index contributed by atoms with van der Waals surface area (Å²) in [5.74, 6) is 1.70. The van der Waals surface area contributed by atoms with Gasteiger partial charge < -0.3 is 14.8 Å². The zero-order chi connectivity index (χ0) is 15.1. The van der Waals surface area contributed by atoms with Crippen LogP contribution in [0.15, 0.2) is 18.2 Å². The van der Waals surface area contributed by atoms with Crippen molar-refractivity contribution in [2.24, 2.45) is 5.41 Å². The Morgan fingerprint density at radius 1 is 1.19 bits per heavy atom. The van der Waals surface area contributed by atoms with Crippen molar-refractivity contribution in [2.75, 3.05) is 20.3 Å². The Morgan fingerprint density at radius 3 is 2.57 bits per heavy atom. The summed E-state index contributed by atoms with van der Waals surface area (Å²) in [4.78, 5) is 0. The number of ether oxygens (including phenoxy) is 2.